The topological polar surface area (TPSA) is 30.2 Å². The Balaban J connectivity index is 2.02. The van der Waals surface area contributed by atoms with Crippen molar-refractivity contribution in [3.63, 3.8) is 0 Å². The Morgan fingerprint density at radius 2 is 1.67 bits per heavy atom. The van der Waals surface area contributed by atoms with E-state index in [1.54, 1.807) is 0 Å². The van der Waals surface area contributed by atoms with E-state index in [1.807, 2.05) is 55.5 Å². The van der Waals surface area contributed by atoms with Gasteiger partial charge in [0.05, 0.1) is 0 Å². The van der Waals surface area contributed by atoms with Gasteiger partial charge in [-0.1, -0.05) is 56.3 Å². The van der Waals surface area contributed by atoms with E-state index in [4.69, 9.17) is 4.42 Å². The maximum absolute atomic E-state index is 12.6. The Morgan fingerprint density at radius 3 is 2.29 bits per heavy atom. The molecule has 0 aliphatic heterocycles. The molecule has 0 bridgehead atoms. The summed E-state index contributed by atoms with van der Waals surface area (Å²) in [6, 6.07) is 15.5. The lowest BCUT2D eigenvalue weighted by Gasteiger charge is -2.05. The van der Waals surface area contributed by atoms with Crippen LogP contribution in [0.4, 0.5) is 0 Å². The number of carbonyl (C=O) groups is 1. The maximum atomic E-state index is 12.6. The van der Waals surface area contributed by atoms with E-state index in [9.17, 15) is 4.79 Å². The minimum absolute atomic E-state index is 0.0565. The summed E-state index contributed by atoms with van der Waals surface area (Å²) >= 11 is 0. The number of benzene rings is 2. The highest BCUT2D eigenvalue weighted by Crippen LogP contribution is 2.27. The van der Waals surface area contributed by atoms with Crippen molar-refractivity contribution in [1.29, 1.82) is 0 Å². The van der Waals surface area contributed by atoms with E-state index in [2.05, 4.69) is 13.8 Å². The minimum Gasteiger partial charge on any atom is -0.452 e. The molecular formula is C19H18O2. The van der Waals surface area contributed by atoms with Crippen molar-refractivity contribution >= 4 is 16.8 Å². The van der Waals surface area contributed by atoms with E-state index in [0.29, 0.717) is 17.2 Å². The van der Waals surface area contributed by atoms with Gasteiger partial charge < -0.3 is 4.42 Å². The standard InChI is InChI=1S/C19H18O2/c1-12(2)14-8-10-15(11-9-14)18(20)19-13(3)16-6-4-5-7-17(16)21-19/h4-12H,1-3H3. The summed E-state index contributed by atoms with van der Waals surface area (Å²) in [7, 11) is 0. The molecule has 0 fully saturated rings. The lowest BCUT2D eigenvalue weighted by Crippen LogP contribution is -2.02. The van der Waals surface area contributed by atoms with Crippen LogP contribution in [-0.2, 0) is 0 Å². The summed E-state index contributed by atoms with van der Waals surface area (Å²) in [5.74, 6) is 0.842. The molecule has 0 saturated heterocycles. The predicted molar refractivity (Wildman–Crippen MR) is 84.9 cm³/mol. The fraction of sp³-hybridized carbons (Fsp3) is 0.211. The summed E-state index contributed by atoms with van der Waals surface area (Å²) in [6.45, 7) is 6.21. The van der Waals surface area contributed by atoms with Crippen LogP contribution in [0.2, 0.25) is 0 Å². The number of hydrogen-bond acceptors (Lipinski definition) is 2. The van der Waals surface area contributed by atoms with Gasteiger partial charge in [-0.05, 0) is 24.5 Å². The fourth-order valence-corrected chi connectivity index (χ4v) is 2.54. The monoisotopic (exact) mass is 278 g/mol. The van der Waals surface area contributed by atoms with Crippen molar-refractivity contribution in [1.82, 2.24) is 0 Å². The molecule has 3 aromatic rings. The predicted octanol–water partition coefficient (Wildman–Crippen LogP) is 5.10. The largest absolute Gasteiger partial charge is 0.452 e. The Morgan fingerprint density at radius 1 is 1.00 bits per heavy atom. The van der Waals surface area contributed by atoms with Crippen LogP contribution >= 0.6 is 0 Å². The summed E-state index contributed by atoms with van der Waals surface area (Å²) in [5.41, 5.74) is 3.56. The summed E-state index contributed by atoms with van der Waals surface area (Å²) in [5, 5.41) is 1.000. The zero-order chi connectivity index (χ0) is 15.0. The number of hydrogen-bond donors (Lipinski definition) is 0. The van der Waals surface area contributed by atoms with Gasteiger partial charge in [-0.2, -0.15) is 0 Å². The molecule has 106 valence electrons. The molecule has 21 heavy (non-hydrogen) atoms. The van der Waals surface area contributed by atoms with E-state index in [1.165, 1.54) is 5.56 Å². The highest BCUT2D eigenvalue weighted by atomic mass is 16.3. The van der Waals surface area contributed by atoms with Crippen LogP contribution in [0.5, 0.6) is 0 Å². The lowest BCUT2D eigenvalue weighted by molar-refractivity contribution is 0.101. The zero-order valence-corrected chi connectivity index (χ0v) is 12.5. The van der Waals surface area contributed by atoms with Gasteiger partial charge >= 0.3 is 0 Å². The Bertz CT molecular complexity index is 792. The first kappa shape index (κ1) is 13.6. The van der Waals surface area contributed by atoms with E-state index in [-0.39, 0.29) is 5.78 Å². The zero-order valence-electron chi connectivity index (χ0n) is 12.5. The number of carbonyl (C=O) groups excluding carboxylic acids is 1. The Labute approximate surface area is 124 Å². The van der Waals surface area contributed by atoms with E-state index < -0.39 is 0 Å². The molecule has 0 radical (unpaired) electrons. The van der Waals surface area contributed by atoms with E-state index in [0.717, 1.165) is 16.5 Å². The number of para-hydroxylation sites is 1. The van der Waals surface area contributed by atoms with Crippen LogP contribution in [0.3, 0.4) is 0 Å². The van der Waals surface area contributed by atoms with Gasteiger partial charge in [0.15, 0.2) is 5.76 Å². The van der Waals surface area contributed by atoms with Crippen molar-refractivity contribution in [2.24, 2.45) is 0 Å². The van der Waals surface area contributed by atoms with Gasteiger partial charge in [-0.25, -0.2) is 0 Å². The third-order valence-electron chi connectivity index (χ3n) is 3.89. The average molecular weight is 278 g/mol. The quantitative estimate of drug-likeness (QED) is 0.624. The molecule has 3 rings (SSSR count). The molecule has 0 aliphatic carbocycles. The van der Waals surface area contributed by atoms with Crippen molar-refractivity contribution < 1.29 is 9.21 Å². The number of rotatable bonds is 3. The fourth-order valence-electron chi connectivity index (χ4n) is 2.54. The van der Waals surface area contributed by atoms with Crippen LogP contribution < -0.4 is 0 Å². The molecular weight excluding hydrogens is 260 g/mol. The molecule has 0 N–H and O–H groups in total. The first-order chi connectivity index (χ1) is 10.1. The molecule has 0 atom stereocenters. The average Bonchev–Trinajstić information content (AvgIpc) is 2.84. The van der Waals surface area contributed by atoms with Crippen LogP contribution in [0.1, 0.15) is 47.0 Å². The van der Waals surface area contributed by atoms with Crippen molar-refractivity contribution in [3.8, 4) is 0 Å². The Hall–Kier alpha value is -2.35. The number of furan rings is 1. The van der Waals surface area contributed by atoms with Gasteiger partial charge in [0.25, 0.3) is 0 Å². The minimum atomic E-state index is -0.0565. The SMILES string of the molecule is Cc1c(C(=O)c2ccc(C(C)C)cc2)oc2ccccc12. The molecule has 1 aromatic heterocycles. The van der Waals surface area contributed by atoms with Gasteiger partial charge in [0.2, 0.25) is 5.78 Å². The number of aryl methyl sites for hydroxylation is 1. The molecule has 0 unspecified atom stereocenters. The van der Waals surface area contributed by atoms with Crippen LogP contribution in [-0.4, -0.2) is 5.78 Å². The molecule has 2 heteroatoms. The molecule has 0 amide bonds. The molecule has 2 nitrogen and oxygen atoms in total. The van der Waals surface area contributed by atoms with Crippen molar-refractivity contribution in [2.75, 3.05) is 0 Å². The lowest BCUT2D eigenvalue weighted by atomic mass is 9.99. The molecule has 1 heterocycles. The summed E-state index contributed by atoms with van der Waals surface area (Å²) in [6.07, 6.45) is 0. The second-order valence-electron chi connectivity index (χ2n) is 5.66. The van der Waals surface area contributed by atoms with Crippen molar-refractivity contribution in [3.05, 3.63) is 71.0 Å². The molecule has 2 aromatic carbocycles. The van der Waals surface area contributed by atoms with Crippen LogP contribution in [0.25, 0.3) is 11.0 Å². The number of ketones is 1. The van der Waals surface area contributed by atoms with E-state index >= 15 is 0 Å². The van der Waals surface area contributed by atoms with Crippen molar-refractivity contribution in [2.45, 2.75) is 26.7 Å². The van der Waals surface area contributed by atoms with Gasteiger partial charge in [-0.15, -0.1) is 0 Å². The normalized spacial score (nSPS) is 11.2. The third kappa shape index (κ3) is 2.38. The first-order valence-corrected chi connectivity index (χ1v) is 7.20. The first-order valence-electron chi connectivity index (χ1n) is 7.20. The molecule has 0 aliphatic rings. The van der Waals surface area contributed by atoms with Crippen LogP contribution in [0.15, 0.2) is 52.9 Å². The third-order valence-corrected chi connectivity index (χ3v) is 3.89. The molecule has 0 spiro atoms. The Kier molecular flexibility index (Phi) is 3.38. The highest BCUT2D eigenvalue weighted by Gasteiger charge is 2.18. The highest BCUT2D eigenvalue weighted by molar-refractivity contribution is 6.10. The second-order valence-corrected chi connectivity index (χ2v) is 5.66. The summed E-state index contributed by atoms with van der Waals surface area (Å²) < 4.78 is 5.74. The van der Waals surface area contributed by atoms with Gasteiger partial charge in [0, 0.05) is 16.5 Å². The molecule has 0 saturated carbocycles. The van der Waals surface area contributed by atoms with Gasteiger partial charge in [-0.3, -0.25) is 4.79 Å². The van der Waals surface area contributed by atoms with Crippen LogP contribution in [0, 0.1) is 6.92 Å². The second kappa shape index (κ2) is 5.21. The maximum Gasteiger partial charge on any atom is 0.228 e. The smallest absolute Gasteiger partial charge is 0.228 e. The number of fused-ring (bicyclic) bond motifs is 1. The van der Waals surface area contributed by atoms with Gasteiger partial charge in [0.1, 0.15) is 5.58 Å². The summed E-state index contributed by atoms with van der Waals surface area (Å²) in [4.78, 5) is 12.6.